The first kappa shape index (κ1) is 21.5. The maximum Gasteiger partial charge on any atom is 0.333 e. The number of aryl methyl sites for hydroxylation is 2. The summed E-state index contributed by atoms with van der Waals surface area (Å²) < 4.78 is 29.3. The first-order valence-electron chi connectivity index (χ1n) is 11.8. The van der Waals surface area contributed by atoms with Crippen LogP contribution in [0.3, 0.4) is 0 Å². The quantitative estimate of drug-likeness (QED) is 0.695. The average molecular weight is 458 g/mol. The molecule has 2 N–H and O–H groups in total. The number of benzene rings is 1. The summed E-state index contributed by atoms with van der Waals surface area (Å²) >= 11 is 0. The van der Waals surface area contributed by atoms with Gasteiger partial charge in [-0.15, -0.1) is 0 Å². The van der Waals surface area contributed by atoms with E-state index in [0.29, 0.717) is 6.54 Å². The van der Waals surface area contributed by atoms with E-state index < -0.39 is 16.1 Å². The van der Waals surface area contributed by atoms with Crippen LogP contribution in [0.1, 0.15) is 54.4 Å². The van der Waals surface area contributed by atoms with E-state index in [1.54, 1.807) is 10.9 Å². The Morgan fingerprint density at radius 1 is 0.938 bits per heavy atom. The molecule has 2 aromatic rings. The van der Waals surface area contributed by atoms with E-state index in [1.807, 2.05) is 0 Å². The molecule has 9 heteroatoms. The van der Waals surface area contributed by atoms with Crippen molar-refractivity contribution in [1.29, 1.82) is 0 Å². The Kier molecular flexibility index (Phi) is 5.94. The highest BCUT2D eigenvalue weighted by Crippen LogP contribution is 2.38. The molecule has 1 aromatic carbocycles. The van der Waals surface area contributed by atoms with Crippen LogP contribution >= 0.6 is 0 Å². The molecule has 0 spiro atoms. The van der Waals surface area contributed by atoms with Crippen molar-refractivity contribution < 1.29 is 13.2 Å². The lowest BCUT2D eigenvalue weighted by molar-refractivity contribution is 0.217. The number of nitrogens with zero attached hydrogens (tertiary/aromatic N) is 3. The van der Waals surface area contributed by atoms with Crippen LogP contribution in [0.25, 0.3) is 0 Å². The zero-order valence-corrected chi connectivity index (χ0v) is 19.2. The van der Waals surface area contributed by atoms with Gasteiger partial charge in [-0.1, -0.05) is 12.5 Å². The lowest BCUT2D eigenvalue weighted by atomic mass is 9.99. The van der Waals surface area contributed by atoms with Crippen molar-refractivity contribution in [2.45, 2.75) is 69.4 Å². The van der Waals surface area contributed by atoms with E-state index >= 15 is 0 Å². The number of likely N-dealkylation sites (tertiary alicyclic amines) is 1. The topological polar surface area (TPSA) is 96.3 Å². The Morgan fingerprint density at radius 2 is 1.62 bits per heavy atom. The number of carbonyl (C=O) groups excluding carboxylic acids is 1. The van der Waals surface area contributed by atoms with E-state index in [4.69, 9.17) is 0 Å². The van der Waals surface area contributed by atoms with Gasteiger partial charge >= 0.3 is 6.03 Å². The number of fused-ring (bicyclic) bond motifs is 2. The fourth-order valence-corrected chi connectivity index (χ4v) is 6.17. The summed E-state index contributed by atoms with van der Waals surface area (Å²) in [5.41, 5.74) is 5.74. The number of aromatic nitrogens is 2. The van der Waals surface area contributed by atoms with Crippen LogP contribution in [0.4, 0.5) is 10.5 Å². The smallest absolute Gasteiger partial charge is 0.307 e. The Labute approximate surface area is 189 Å². The molecule has 1 aromatic heterocycles. The molecule has 1 aliphatic heterocycles. The maximum absolute atomic E-state index is 12.8. The van der Waals surface area contributed by atoms with Crippen LogP contribution < -0.4 is 10.0 Å². The molecule has 0 bridgehead atoms. The van der Waals surface area contributed by atoms with Crippen LogP contribution in [-0.4, -0.2) is 48.8 Å². The van der Waals surface area contributed by atoms with Gasteiger partial charge in [0.2, 0.25) is 0 Å². The van der Waals surface area contributed by atoms with Crippen molar-refractivity contribution in [3.63, 3.8) is 0 Å². The second-order valence-electron chi connectivity index (χ2n) is 9.11. The van der Waals surface area contributed by atoms with Crippen molar-refractivity contribution in [3.05, 3.63) is 40.6 Å². The van der Waals surface area contributed by atoms with Gasteiger partial charge in [0.25, 0.3) is 10.0 Å². The number of rotatable bonds is 6. The summed E-state index contributed by atoms with van der Waals surface area (Å²) in [6.45, 7) is 3.64. The van der Waals surface area contributed by atoms with E-state index in [-0.39, 0.29) is 5.03 Å². The van der Waals surface area contributed by atoms with Gasteiger partial charge in [-0.05, 0) is 92.8 Å². The van der Waals surface area contributed by atoms with E-state index in [9.17, 15) is 13.2 Å². The van der Waals surface area contributed by atoms with Crippen molar-refractivity contribution in [1.82, 2.24) is 19.4 Å². The Morgan fingerprint density at radius 3 is 2.31 bits per heavy atom. The molecule has 8 nitrogen and oxygen atoms in total. The number of sulfonamides is 1. The van der Waals surface area contributed by atoms with Gasteiger partial charge in [0.15, 0.2) is 5.03 Å². The average Bonchev–Trinajstić information content (AvgIpc) is 3.53. The summed E-state index contributed by atoms with van der Waals surface area (Å²) in [7, 11) is -4.04. The highest BCUT2D eigenvalue weighted by molar-refractivity contribution is 7.90. The number of piperidine rings is 1. The van der Waals surface area contributed by atoms with E-state index in [1.165, 1.54) is 47.6 Å². The standard InChI is InChI=1S/C23H31N5O3S/c29-23(24-22-19-8-4-6-17(19)16-18-7-5-9-20(18)22)26-32(30,31)21-10-13-28(25-21)15-14-27-11-2-1-3-12-27/h10,13,16H,1-9,11-12,14-15H2,(H2,24,26,29). The molecule has 0 saturated carbocycles. The highest BCUT2D eigenvalue weighted by atomic mass is 32.2. The molecule has 1 saturated heterocycles. The zero-order chi connectivity index (χ0) is 22.1. The molecule has 2 amide bonds. The third kappa shape index (κ3) is 4.41. The third-order valence-corrected chi connectivity index (χ3v) is 8.15. The zero-order valence-electron chi connectivity index (χ0n) is 18.4. The minimum Gasteiger partial charge on any atom is -0.307 e. The minimum absolute atomic E-state index is 0.130. The predicted molar refractivity (Wildman–Crippen MR) is 122 cm³/mol. The summed E-state index contributed by atoms with van der Waals surface area (Å²) in [5.74, 6) is 0. The van der Waals surface area contributed by atoms with Crippen LogP contribution in [0.15, 0.2) is 23.4 Å². The van der Waals surface area contributed by atoms with Crippen LogP contribution in [0.5, 0.6) is 0 Å². The molecule has 1 fully saturated rings. The van der Waals surface area contributed by atoms with Crippen molar-refractivity contribution in [2.24, 2.45) is 0 Å². The predicted octanol–water partition coefficient (Wildman–Crippen LogP) is 2.86. The molecule has 3 aliphatic rings. The number of anilines is 1. The fourth-order valence-electron chi connectivity index (χ4n) is 5.32. The molecular weight excluding hydrogens is 426 g/mol. The van der Waals surface area contributed by atoms with Gasteiger partial charge in [0.1, 0.15) is 0 Å². The second-order valence-corrected chi connectivity index (χ2v) is 10.7. The van der Waals surface area contributed by atoms with Crippen molar-refractivity contribution >= 4 is 21.7 Å². The minimum atomic E-state index is -4.04. The van der Waals surface area contributed by atoms with Gasteiger partial charge in [0.05, 0.1) is 6.54 Å². The lowest BCUT2D eigenvalue weighted by Gasteiger charge is -2.26. The van der Waals surface area contributed by atoms with Gasteiger partial charge in [0, 0.05) is 18.4 Å². The van der Waals surface area contributed by atoms with Gasteiger partial charge in [-0.25, -0.2) is 9.52 Å². The van der Waals surface area contributed by atoms with Gasteiger partial charge in [-0.3, -0.25) is 4.68 Å². The Balaban J connectivity index is 1.25. The molecule has 32 heavy (non-hydrogen) atoms. The largest absolute Gasteiger partial charge is 0.333 e. The summed E-state index contributed by atoms with van der Waals surface area (Å²) in [6, 6.07) is 3.01. The van der Waals surface area contributed by atoms with E-state index in [0.717, 1.165) is 63.8 Å². The molecule has 2 aliphatic carbocycles. The Hall–Kier alpha value is -2.39. The molecule has 0 atom stereocenters. The van der Waals surface area contributed by atoms with Gasteiger partial charge in [-0.2, -0.15) is 13.5 Å². The first-order valence-corrected chi connectivity index (χ1v) is 13.2. The van der Waals surface area contributed by atoms with Gasteiger partial charge < -0.3 is 10.2 Å². The number of carbonyl (C=O) groups is 1. The fraction of sp³-hybridized carbons (Fsp3) is 0.565. The van der Waals surface area contributed by atoms with Crippen LogP contribution in [0.2, 0.25) is 0 Å². The Bertz CT molecular complexity index is 1090. The molecule has 2 heterocycles. The monoisotopic (exact) mass is 457 g/mol. The van der Waals surface area contributed by atoms with Crippen LogP contribution in [0, 0.1) is 0 Å². The first-order chi connectivity index (χ1) is 15.5. The number of hydrogen-bond donors (Lipinski definition) is 2. The lowest BCUT2D eigenvalue weighted by Crippen LogP contribution is -2.35. The normalized spacial score (nSPS) is 18.4. The molecule has 0 unspecified atom stereocenters. The van der Waals surface area contributed by atoms with Crippen molar-refractivity contribution in [3.8, 4) is 0 Å². The number of urea groups is 1. The molecule has 5 rings (SSSR count). The maximum atomic E-state index is 12.8. The number of nitrogens with one attached hydrogen (secondary N) is 2. The molecular formula is C23H31N5O3S. The molecule has 172 valence electrons. The summed E-state index contributed by atoms with van der Waals surface area (Å²) in [6.07, 6.45) is 11.4. The van der Waals surface area contributed by atoms with E-state index in [2.05, 4.69) is 26.1 Å². The molecule has 0 radical (unpaired) electrons. The van der Waals surface area contributed by atoms with Crippen LogP contribution in [-0.2, 0) is 42.3 Å². The highest BCUT2D eigenvalue weighted by Gasteiger charge is 2.27. The number of hydrogen-bond acceptors (Lipinski definition) is 5. The van der Waals surface area contributed by atoms with Crippen molar-refractivity contribution in [2.75, 3.05) is 25.0 Å². The third-order valence-electron chi connectivity index (χ3n) is 6.92. The summed E-state index contributed by atoms with van der Waals surface area (Å²) in [5, 5.41) is 6.94. The SMILES string of the molecule is O=C(Nc1c2c(cc3c1CCC3)CCC2)NS(=O)(=O)c1ccn(CCN2CCCCC2)n1. The summed E-state index contributed by atoms with van der Waals surface area (Å²) in [4.78, 5) is 15.1. The number of amides is 2. The second kappa shape index (κ2) is 8.86.